The maximum atomic E-state index is 6.06. The molecule has 2 N–H and O–H groups in total. The van der Waals surface area contributed by atoms with E-state index in [1.54, 1.807) is 23.7 Å². The normalized spacial score (nSPS) is 12.7. The van der Waals surface area contributed by atoms with Crippen LogP contribution < -0.4 is 5.73 Å². The fraction of sp³-hybridized carbons (Fsp3) is 0.182. The van der Waals surface area contributed by atoms with Crippen molar-refractivity contribution in [1.82, 2.24) is 4.98 Å². The topological polar surface area (TPSA) is 38.9 Å². The minimum Gasteiger partial charge on any atom is -0.324 e. The highest BCUT2D eigenvalue weighted by molar-refractivity contribution is 7.16. The standard InChI is InChI=1S/C11H11ClN2S/c12-11-4-3-9(15-11)6-10(13)8-2-1-5-14-7-8/h1-5,7,10H,6,13H2. The minimum atomic E-state index is -0.00610. The highest BCUT2D eigenvalue weighted by Crippen LogP contribution is 2.25. The molecule has 0 radical (unpaired) electrons. The van der Waals surface area contributed by atoms with Gasteiger partial charge in [0.25, 0.3) is 0 Å². The summed E-state index contributed by atoms with van der Waals surface area (Å²) in [6.07, 6.45) is 4.36. The van der Waals surface area contributed by atoms with Crippen molar-refractivity contribution in [3.63, 3.8) is 0 Å². The molecule has 2 aromatic heterocycles. The van der Waals surface area contributed by atoms with Gasteiger partial charge in [-0.25, -0.2) is 0 Å². The molecule has 0 aromatic carbocycles. The van der Waals surface area contributed by atoms with E-state index in [0.717, 1.165) is 16.3 Å². The third kappa shape index (κ3) is 2.78. The van der Waals surface area contributed by atoms with Crippen LogP contribution in [0.1, 0.15) is 16.5 Å². The van der Waals surface area contributed by atoms with Gasteiger partial charge < -0.3 is 5.73 Å². The Hall–Kier alpha value is -0.900. The Kier molecular flexibility index (Phi) is 3.36. The second-order valence-electron chi connectivity index (χ2n) is 3.30. The second-order valence-corrected chi connectivity index (χ2v) is 5.10. The van der Waals surface area contributed by atoms with E-state index >= 15 is 0 Å². The summed E-state index contributed by atoms with van der Waals surface area (Å²) in [5, 5.41) is 0. The SMILES string of the molecule is NC(Cc1ccc(Cl)s1)c1cccnc1. The maximum absolute atomic E-state index is 6.06. The van der Waals surface area contributed by atoms with Crippen LogP contribution in [-0.4, -0.2) is 4.98 Å². The van der Waals surface area contributed by atoms with Crippen LogP contribution in [0.3, 0.4) is 0 Å². The average Bonchev–Trinajstić information content (AvgIpc) is 2.65. The van der Waals surface area contributed by atoms with Gasteiger partial charge in [-0.15, -0.1) is 11.3 Å². The van der Waals surface area contributed by atoms with Gasteiger partial charge in [0.2, 0.25) is 0 Å². The van der Waals surface area contributed by atoms with E-state index in [-0.39, 0.29) is 6.04 Å². The van der Waals surface area contributed by atoms with Crippen LogP contribution in [0.4, 0.5) is 0 Å². The van der Waals surface area contributed by atoms with Gasteiger partial charge in [0.05, 0.1) is 4.34 Å². The maximum Gasteiger partial charge on any atom is 0.0931 e. The molecule has 2 heterocycles. The largest absolute Gasteiger partial charge is 0.324 e. The van der Waals surface area contributed by atoms with Crippen molar-refractivity contribution in [3.05, 3.63) is 51.4 Å². The molecule has 0 saturated carbocycles. The van der Waals surface area contributed by atoms with E-state index in [0.29, 0.717) is 0 Å². The number of pyridine rings is 1. The first-order valence-corrected chi connectivity index (χ1v) is 5.85. The molecule has 0 saturated heterocycles. The van der Waals surface area contributed by atoms with E-state index in [2.05, 4.69) is 4.98 Å². The van der Waals surface area contributed by atoms with Crippen LogP contribution >= 0.6 is 22.9 Å². The van der Waals surface area contributed by atoms with Crippen LogP contribution in [0.25, 0.3) is 0 Å². The van der Waals surface area contributed by atoms with Crippen molar-refractivity contribution in [1.29, 1.82) is 0 Å². The number of hydrogen-bond donors (Lipinski definition) is 1. The van der Waals surface area contributed by atoms with Gasteiger partial charge in [-0.3, -0.25) is 4.98 Å². The van der Waals surface area contributed by atoms with Gasteiger partial charge in [-0.05, 0) is 23.8 Å². The molecule has 0 amide bonds. The first-order chi connectivity index (χ1) is 7.25. The van der Waals surface area contributed by atoms with Crippen LogP contribution in [0.2, 0.25) is 4.34 Å². The second kappa shape index (κ2) is 4.75. The van der Waals surface area contributed by atoms with Crippen molar-refractivity contribution in [2.24, 2.45) is 5.73 Å². The lowest BCUT2D eigenvalue weighted by Crippen LogP contribution is -2.12. The quantitative estimate of drug-likeness (QED) is 0.893. The molecule has 0 aliphatic rings. The van der Waals surface area contributed by atoms with Gasteiger partial charge in [0, 0.05) is 29.7 Å². The molecule has 1 unspecified atom stereocenters. The van der Waals surface area contributed by atoms with Gasteiger partial charge in [0.1, 0.15) is 0 Å². The molecular formula is C11H11ClN2S. The van der Waals surface area contributed by atoms with Crippen molar-refractivity contribution in [2.45, 2.75) is 12.5 Å². The molecule has 2 nitrogen and oxygen atoms in total. The number of thiophene rings is 1. The fourth-order valence-electron chi connectivity index (χ4n) is 1.39. The van der Waals surface area contributed by atoms with Gasteiger partial charge in [-0.2, -0.15) is 0 Å². The molecule has 1 atom stereocenters. The summed E-state index contributed by atoms with van der Waals surface area (Å²) in [5.41, 5.74) is 7.12. The molecular weight excluding hydrogens is 228 g/mol. The first-order valence-electron chi connectivity index (χ1n) is 4.65. The van der Waals surface area contributed by atoms with E-state index in [1.165, 1.54) is 4.88 Å². The predicted molar refractivity (Wildman–Crippen MR) is 64.2 cm³/mol. The molecule has 78 valence electrons. The lowest BCUT2D eigenvalue weighted by Gasteiger charge is -2.09. The van der Waals surface area contributed by atoms with Crippen LogP contribution in [0.15, 0.2) is 36.7 Å². The number of halogens is 1. The molecule has 0 aliphatic heterocycles. The summed E-state index contributed by atoms with van der Waals surface area (Å²) in [6.45, 7) is 0. The third-order valence-corrected chi connectivity index (χ3v) is 3.42. The Bertz CT molecular complexity index is 427. The Morgan fingerprint density at radius 3 is 2.87 bits per heavy atom. The summed E-state index contributed by atoms with van der Waals surface area (Å²) in [6, 6.07) is 7.80. The highest BCUT2D eigenvalue weighted by atomic mass is 35.5. The molecule has 0 spiro atoms. The lowest BCUT2D eigenvalue weighted by molar-refractivity contribution is 0.726. The minimum absolute atomic E-state index is 0.00610. The van der Waals surface area contributed by atoms with Gasteiger partial charge in [0.15, 0.2) is 0 Å². The van der Waals surface area contributed by atoms with Crippen LogP contribution in [-0.2, 0) is 6.42 Å². The van der Waals surface area contributed by atoms with E-state index in [9.17, 15) is 0 Å². The Morgan fingerprint density at radius 1 is 1.40 bits per heavy atom. The zero-order valence-electron chi connectivity index (χ0n) is 8.06. The van der Waals surface area contributed by atoms with Crippen molar-refractivity contribution >= 4 is 22.9 Å². The molecule has 4 heteroatoms. The zero-order chi connectivity index (χ0) is 10.7. The highest BCUT2D eigenvalue weighted by Gasteiger charge is 2.08. The van der Waals surface area contributed by atoms with E-state index < -0.39 is 0 Å². The third-order valence-electron chi connectivity index (χ3n) is 2.16. The lowest BCUT2D eigenvalue weighted by atomic mass is 10.1. The van der Waals surface area contributed by atoms with Crippen LogP contribution in [0.5, 0.6) is 0 Å². The number of aromatic nitrogens is 1. The number of hydrogen-bond acceptors (Lipinski definition) is 3. The summed E-state index contributed by atoms with van der Waals surface area (Å²) in [5.74, 6) is 0. The smallest absolute Gasteiger partial charge is 0.0931 e. The number of nitrogens with two attached hydrogens (primary N) is 1. The van der Waals surface area contributed by atoms with Crippen molar-refractivity contribution in [3.8, 4) is 0 Å². The molecule has 2 aromatic rings. The first kappa shape index (κ1) is 10.6. The molecule has 0 aliphatic carbocycles. The predicted octanol–water partition coefficient (Wildman–Crippen LogP) is 3.04. The summed E-state index contributed by atoms with van der Waals surface area (Å²) < 4.78 is 0.809. The Morgan fingerprint density at radius 2 is 2.27 bits per heavy atom. The molecule has 0 bridgehead atoms. The molecule has 2 rings (SSSR count). The molecule has 15 heavy (non-hydrogen) atoms. The van der Waals surface area contributed by atoms with E-state index in [4.69, 9.17) is 17.3 Å². The van der Waals surface area contributed by atoms with Gasteiger partial charge in [-0.1, -0.05) is 17.7 Å². The van der Waals surface area contributed by atoms with Crippen LogP contribution in [0, 0.1) is 0 Å². The number of rotatable bonds is 3. The van der Waals surface area contributed by atoms with Crippen molar-refractivity contribution in [2.75, 3.05) is 0 Å². The summed E-state index contributed by atoms with van der Waals surface area (Å²) in [4.78, 5) is 5.25. The van der Waals surface area contributed by atoms with E-state index in [1.807, 2.05) is 24.3 Å². The van der Waals surface area contributed by atoms with Crippen molar-refractivity contribution < 1.29 is 0 Å². The Balaban J connectivity index is 2.07. The summed E-state index contributed by atoms with van der Waals surface area (Å²) >= 11 is 7.43. The molecule has 0 fully saturated rings. The van der Waals surface area contributed by atoms with Gasteiger partial charge >= 0.3 is 0 Å². The Labute approximate surface area is 97.7 Å². The monoisotopic (exact) mass is 238 g/mol. The average molecular weight is 239 g/mol. The zero-order valence-corrected chi connectivity index (χ0v) is 9.63. The fourth-order valence-corrected chi connectivity index (χ4v) is 2.54. The number of nitrogens with zero attached hydrogens (tertiary/aromatic N) is 1. The summed E-state index contributed by atoms with van der Waals surface area (Å²) in [7, 11) is 0.